The molecular formula is C29H41NO4. The van der Waals surface area contributed by atoms with E-state index < -0.39 is 11.2 Å². The lowest BCUT2D eigenvalue weighted by atomic mass is 9.33. The van der Waals surface area contributed by atoms with E-state index in [1.807, 2.05) is 6.92 Å². The summed E-state index contributed by atoms with van der Waals surface area (Å²) < 4.78 is 12.7. The molecule has 5 nitrogen and oxygen atoms in total. The molecule has 7 atom stereocenters. The van der Waals surface area contributed by atoms with Crippen LogP contribution >= 0.6 is 0 Å². The van der Waals surface area contributed by atoms with Gasteiger partial charge >= 0.3 is 0 Å². The van der Waals surface area contributed by atoms with Crippen molar-refractivity contribution < 1.29 is 19.7 Å². The second kappa shape index (κ2) is 6.33. The molecule has 7 aliphatic rings. The van der Waals surface area contributed by atoms with Gasteiger partial charge in [-0.3, -0.25) is 4.90 Å². The third kappa shape index (κ3) is 2.29. The van der Waals surface area contributed by atoms with Crippen LogP contribution in [0.3, 0.4) is 0 Å². The van der Waals surface area contributed by atoms with Crippen LogP contribution in [0.25, 0.3) is 0 Å². The third-order valence-electron chi connectivity index (χ3n) is 11.7. The zero-order valence-electron chi connectivity index (χ0n) is 21.5. The molecule has 2 heterocycles. The molecule has 2 N–H and O–H groups in total. The lowest BCUT2D eigenvalue weighted by molar-refractivity contribution is -0.305. The minimum atomic E-state index is -1.06. The smallest absolute Gasteiger partial charge is 0.165 e. The van der Waals surface area contributed by atoms with Crippen LogP contribution in [0.2, 0.25) is 0 Å². The van der Waals surface area contributed by atoms with Gasteiger partial charge in [0.25, 0.3) is 0 Å². The molecule has 0 aromatic heterocycles. The lowest BCUT2D eigenvalue weighted by Gasteiger charge is -2.75. The lowest BCUT2D eigenvalue weighted by Crippen LogP contribution is -2.82. The summed E-state index contributed by atoms with van der Waals surface area (Å²) >= 11 is 0. The molecular weight excluding hydrogens is 426 g/mol. The number of rotatable bonds is 4. The first kappa shape index (κ1) is 21.9. The second-order valence-corrected chi connectivity index (χ2v) is 13.8. The zero-order chi connectivity index (χ0) is 23.9. The van der Waals surface area contributed by atoms with Crippen LogP contribution in [0.1, 0.15) is 77.3 Å². The van der Waals surface area contributed by atoms with E-state index in [-0.39, 0.29) is 28.3 Å². The molecule has 2 spiro atoms. The van der Waals surface area contributed by atoms with E-state index in [0.29, 0.717) is 12.5 Å². The van der Waals surface area contributed by atoms with Crippen LogP contribution in [0.5, 0.6) is 11.5 Å². The van der Waals surface area contributed by atoms with E-state index >= 15 is 0 Å². The summed E-state index contributed by atoms with van der Waals surface area (Å²) in [5.74, 6) is 2.29. The SMILES string of the molecule is COc1ccc2c3c1O[C@H]1[C@@]4(O)CC[C@@]5(C[C@@H]4C(C)(O)C(C)(C)C)[C@@H](C2)N(CC2CC2)CC[C@]315. The molecule has 1 aromatic carbocycles. The Morgan fingerprint density at radius 2 is 1.91 bits per heavy atom. The van der Waals surface area contributed by atoms with Gasteiger partial charge in [0.1, 0.15) is 11.7 Å². The molecule has 34 heavy (non-hydrogen) atoms. The number of benzene rings is 1. The van der Waals surface area contributed by atoms with Gasteiger partial charge in [0, 0.05) is 34.9 Å². The van der Waals surface area contributed by atoms with E-state index in [1.54, 1.807) is 7.11 Å². The van der Waals surface area contributed by atoms with Gasteiger partial charge in [0.05, 0.1) is 12.7 Å². The highest BCUT2D eigenvalue weighted by molar-refractivity contribution is 5.63. The van der Waals surface area contributed by atoms with Crippen molar-refractivity contribution in [1.82, 2.24) is 4.90 Å². The average molecular weight is 468 g/mol. The molecule has 0 amide bonds. The highest BCUT2D eigenvalue weighted by Gasteiger charge is 2.81. The zero-order valence-corrected chi connectivity index (χ0v) is 21.5. The third-order valence-corrected chi connectivity index (χ3v) is 11.7. The van der Waals surface area contributed by atoms with Crippen LogP contribution in [0.4, 0.5) is 0 Å². The van der Waals surface area contributed by atoms with Crippen LogP contribution in [-0.4, -0.2) is 58.7 Å². The topological polar surface area (TPSA) is 62.2 Å². The van der Waals surface area contributed by atoms with Gasteiger partial charge in [-0.2, -0.15) is 0 Å². The molecule has 186 valence electrons. The van der Waals surface area contributed by atoms with Gasteiger partial charge in [-0.1, -0.05) is 26.8 Å². The molecule has 1 saturated heterocycles. The molecule has 0 radical (unpaired) electrons. The molecule has 8 rings (SSSR count). The largest absolute Gasteiger partial charge is 0.493 e. The minimum absolute atomic E-state index is 0.0137. The minimum Gasteiger partial charge on any atom is -0.493 e. The summed E-state index contributed by atoms with van der Waals surface area (Å²) in [4.78, 5) is 2.81. The quantitative estimate of drug-likeness (QED) is 0.699. The van der Waals surface area contributed by atoms with Gasteiger partial charge in [-0.15, -0.1) is 0 Å². The van der Waals surface area contributed by atoms with Crippen LogP contribution in [0.15, 0.2) is 12.1 Å². The molecule has 4 bridgehead atoms. The van der Waals surface area contributed by atoms with E-state index in [1.165, 1.54) is 30.5 Å². The van der Waals surface area contributed by atoms with Crippen molar-refractivity contribution in [3.8, 4) is 11.5 Å². The van der Waals surface area contributed by atoms with Gasteiger partial charge in [0.15, 0.2) is 11.5 Å². The van der Waals surface area contributed by atoms with Crippen LogP contribution < -0.4 is 9.47 Å². The molecule has 2 aliphatic heterocycles. The summed E-state index contributed by atoms with van der Waals surface area (Å²) in [5.41, 5.74) is 0.151. The summed E-state index contributed by atoms with van der Waals surface area (Å²) in [6.07, 6.45) is 7.07. The van der Waals surface area contributed by atoms with Crippen molar-refractivity contribution in [3.05, 3.63) is 23.3 Å². The first-order chi connectivity index (χ1) is 16.0. The van der Waals surface area contributed by atoms with E-state index in [4.69, 9.17) is 9.47 Å². The number of fused-ring (bicyclic) bond motifs is 2. The van der Waals surface area contributed by atoms with Crippen LogP contribution in [0, 0.1) is 22.7 Å². The number of methoxy groups -OCH3 is 1. The van der Waals surface area contributed by atoms with Gasteiger partial charge in [-0.05, 0) is 81.4 Å². The summed E-state index contributed by atoms with van der Waals surface area (Å²) in [5, 5.41) is 24.7. The Hall–Kier alpha value is -1.30. The van der Waals surface area contributed by atoms with Gasteiger partial charge in [-0.25, -0.2) is 0 Å². The van der Waals surface area contributed by atoms with Crippen molar-refractivity contribution in [1.29, 1.82) is 0 Å². The number of aliphatic hydroxyl groups is 2. The van der Waals surface area contributed by atoms with Crippen molar-refractivity contribution in [2.75, 3.05) is 20.2 Å². The normalized spacial score (nSPS) is 43.8. The Balaban J connectivity index is 1.46. The molecule has 5 aliphatic carbocycles. The first-order valence-corrected chi connectivity index (χ1v) is 13.6. The Bertz CT molecular complexity index is 1060. The number of hydrogen-bond donors (Lipinski definition) is 2. The second-order valence-electron chi connectivity index (χ2n) is 13.8. The Morgan fingerprint density at radius 3 is 2.59 bits per heavy atom. The molecule has 5 heteroatoms. The number of piperidine rings is 1. The van der Waals surface area contributed by atoms with E-state index in [2.05, 4.69) is 37.8 Å². The summed E-state index contributed by atoms with van der Waals surface area (Å²) in [6.45, 7) is 10.6. The Kier molecular flexibility index (Phi) is 4.08. The first-order valence-electron chi connectivity index (χ1n) is 13.6. The Morgan fingerprint density at radius 1 is 1.15 bits per heavy atom. The standard InChI is InChI=1S/C29H41NO4/c1-25(2,3)26(4,31)20-15-27-10-11-29(20,32)24-28(27)12-13-30(16-17-6-7-17)21(27)14-18-8-9-19(33-5)23(34-24)22(18)28/h8-9,17,20-21,24,31-32H,6-7,10-16H2,1-5H3/t20-,21-,24-,26?,27-,28+,29-/m1/s1. The fourth-order valence-electron chi connectivity index (χ4n) is 9.41. The maximum absolute atomic E-state index is 12.6. The van der Waals surface area contributed by atoms with Crippen molar-refractivity contribution in [2.24, 2.45) is 22.7 Å². The highest BCUT2D eigenvalue weighted by atomic mass is 16.5. The fraction of sp³-hybridized carbons (Fsp3) is 0.793. The summed E-state index contributed by atoms with van der Waals surface area (Å²) in [6, 6.07) is 4.78. The maximum atomic E-state index is 12.6. The van der Waals surface area contributed by atoms with Crippen molar-refractivity contribution in [2.45, 2.75) is 101 Å². The van der Waals surface area contributed by atoms with Gasteiger partial charge < -0.3 is 19.7 Å². The summed E-state index contributed by atoms with van der Waals surface area (Å²) in [7, 11) is 1.72. The molecule has 4 saturated carbocycles. The van der Waals surface area contributed by atoms with Crippen LogP contribution in [-0.2, 0) is 11.8 Å². The maximum Gasteiger partial charge on any atom is 0.165 e. The fourth-order valence-corrected chi connectivity index (χ4v) is 9.41. The Labute approximate surface area is 203 Å². The van der Waals surface area contributed by atoms with E-state index in [9.17, 15) is 10.2 Å². The number of nitrogens with zero attached hydrogens (tertiary/aromatic N) is 1. The highest BCUT2D eigenvalue weighted by Crippen LogP contribution is 2.77. The number of likely N-dealkylation sites (tertiary alicyclic amines) is 1. The predicted molar refractivity (Wildman–Crippen MR) is 130 cm³/mol. The van der Waals surface area contributed by atoms with Crippen molar-refractivity contribution in [3.63, 3.8) is 0 Å². The molecule has 1 aromatic rings. The number of hydrogen-bond acceptors (Lipinski definition) is 5. The van der Waals surface area contributed by atoms with E-state index in [0.717, 1.165) is 49.6 Å². The average Bonchev–Trinajstić information content (AvgIpc) is 3.52. The predicted octanol–water partition coefficient (Wildman–Crippen LogP) is 4.06. The van der Waals surface area contributed by atoms with Crippen molar-refractivity contribution >= 4 is 0 Å². The van der Waals surface area contributed by atoms with Gasteiger partial charge in [0.2, 0.25) is 0 Å². The molecule has 5 fully saturated rings. The molecule has 1 unspecified atom stereocenters. The number of ether oxygens (including phenoxy) is 2. The monoisotopic (exact) mass is 467 g/mol.